The minimum atomic E-state index is -0.503. The summed E-state index contributed by atoms with van der Waals surface area (Å²) in [7, 11) is 0. The van der Waals surface area contributed by atoms with Gasteiger partial charge in [-0.15, -0.1) is 0 Å². The number of ether oxygens (including phenoxy) is 1. The molecule has 50 valence electrons. The van der Waals surface area contributed by atoms with Crippen molar-refractivity contribution in [1.82, 2.24) is 0 Å². The Morgan fingerprint density at radius 1 is 1.50 bits per heavy atom. The van der Waals surface area contributed by atoms with Gasteiger partial charge < -0.3 is 4.74 Å². The summed E-state index contributed by atoms with van der Waals surface area (Å²) in [5.74, 6) is 1.04. The van der Waals surface area contributed by atoms with Crippen LogP contribution in [0.5, 0.6) is 0 Å². The Labute approximate surface area is 80.7 Å². The first-order valence-corrected chi connectivity index (χ1v) is 2.75. The van der Waals surface area contributed by atoms with Crippen LogP contribution in [0.2, 0.25) is 0 Å². The first-order valence-electron chi connectivity index (χ1n) is 2.75. The van der Waals surface area contributed by atoms with Crippen LogP contribution in [0, 0.1) is 0 Å². The van der Waals surface area contributed by atoms with Gasteiger partial charge in [0.25, 0.3) is 0 Å². The first-order chi connectivity index (χ1) is 4.34. The topological polar surface area (TPSA) is 43.4 Å². The van der Waals surface area contributed by atoms with E-state index in [0.717, 1.165) is 6.42 Å². The molecule has 0 aliphatic carbocycles. The van der Waals surface area contributed by atoms with E-state index in [4.69, 9.17) is 0 Å². The molecule has 0 unspecified atom stereocenters. The third-order valence-electron chi connectivity index (χ3n) is 1.17. The molecule has 1 aliphatic heterocycles. The summed E-state index contributed by atoms with van der Waals surface area (Å²) in [5.41, 5.74) is 0.140. The number of rotatable bonds is 0. The summed E-state index contributed by atoms with van der Waals surface area (Å²) in [6.45, 7) is 0.435. The fourth-order valence-corrected chi connectivity index (χ4v) is 0.696. The Morgan fingerprint density at radius 2 is 2.20 bits per heavy atom. The summed E-state index contributed by atoms with van der Waals surface area (Å²) in [4.78, 5) is 20.4. The molecule has 0 radical (unpaired) electrons. The van der Waals surface area contributed by atoms with Gasteiger partial charge in [-0.25, -0.2) is 9.59 Å². The Bertz CT molecular complexity index is 181. The van der Waals surface area contributed by atoms with Crippen molar-refractivity contribution in [2.45, 2.75) is 12.8 Å². The average molecular weight is 150 g/mol. The van der Waals surface area contributed by atoms with Crippen LogP contribution in [0.3, 0.4) is 0 Å². The molecule has 0 amide bonds. The normalized spacial score (nSPS) is 16.8. The summed E-state index contributed by atoms with van der Waals surface area (Å²) < 4.78 is 4.54. The van der Waals surface area contributed by atoms with Crippen molar-refractivity contribution in [3.8, 4) is 0 Å². The van der Waals surface area contributed by atoms with Crippen LogP contribution in [0.4, 0.5) is 0 Å². The molecule has 1 rings (SSSR count). The molecular weight excluding hydrogens is 143 g/mol. The van der Waals surface area contributed by atoms with Crippen LogP contribution in [0.15, 0.2) is 5.57 Å². The number of carbonyl (C=O) groups is 1. The van der Waals surface area contributed by atoms with Crippen LogP contribution in [-0.4, -0.2) is 48.1 Å². The fraction of sp³-hybridized carbons (Fsp3) is 0.500. The van der Waals surface area contributed by atoms with E-state index >= 15 is 0 Å². The summed E-state index contributed by atoms with van der Waals surface area (Å²) >= 11 is 0. The molecule has 0 N–H and O–H groups in total. The first kappa shape index (κ1) is 9.92. The Hall–Kier alpha value is -0.0800. The van der Waals surface area contributed by atoms with Gasteiger partial charge >= 0.3 is 35.5 Å². The van der Waals surface area contributed by atoms with Crippen LogP contribution < -0.4 is 0 Å². The average Bonchev–Trinajstić information content (AvgIpc) is 1.89. The van der Waals surface area contributed by atoms with E-state index in [9.17, 15) is 9.59 Å². The molecule has 0 bridgehead atoms. The Kier molecular flexibility index (Phi) is 4.65. The Balaban J connectivity index is 0.000000810. The fourth-order valence-electron chi connectivity index (χ4n) is 0.696. The van der Waals surface area contributed by atoms with Crippen molar-refractivity contribution in [3.05, 3.63) is 5.57 Å². The summed E-state index contributed by atoms with van der Waals surface area (Å²) in [5, 5.41) is 0. The second kappa shape index (κ2) is 4.69. The predicted molar refractivity (Wildman–Crippen MR) is 36.5 cm³/mol. The monoisotopic (exact) mass is 150 g/mol. The van der Waals surface area contributed by atoms with Crippen molar-refractivity contribution >= 4 is 41.5 Å². The molecule has 0 aromatic carbocycles. The third-order valence-corrected chi connectivity index (χ3v) is 1.17. The molecule has 3 nitrogen and oxygen atoms in total. The van der Waals surface area contributed by atoms with Crippen LogP contribution in [0.25, 0.3) is 0 Å². The Morgan fingerprint density at radius 3 is 2.60 bits per heavy atom. The van der Waals surface area contributed by atoms with Crippen molar-refractivity contribution in [2.24, 2.45) is 0 Å². The molecule has 0 spiro atoms. The van der Waals surface area contributed by atoms with Gasteiger partial charge in [0.05, 0.1) is 6.61 Å². The molecule has 1 heterocycles. The maximum absolute atomic E-state index is 10.5. The molecule has 0 aromatic heterocycles. The molecular formula is C6H7NaO3. The van der Waals surface area contributed by atoms with Gasteiger partial charge in [-0.2, -0.15) is 0 Å². The second-order valence-corrected chi connectivity index (χ2v) is 1.82. The van der Waals surface area contributed by atoms with Crippen molar-refractivity contribution in [3.63, 3.8) is 0 Å². The summed E-state index contributed by atoms with van der Waals surface area (Å²) in [6, 6.07) is 0. The second-order valence-electron chi connectivity index (χ2n) is 1.82. The quantitative estimate of drug-likeness (QED) is 0.201. The van der Waals surface area contributed by atoms with Gasteiger partial charge in [0, 0.05) is 0 Å². The standard InChI is InChI=1S/C6H6O3.Na.H/c7-4-5-2-1-3-9-6(5)8;;/h1-3H2;;. The van der Waals surface area contributed by atoms with E-state index in [1.54, 1.807) is 5.94 Å². The number of carbonyl (C=O) groups excluding carboxylic acids is 2. The van der Waals surface area contributed by atoms with Gasteiger partial charge in [0.2, 0.25) is 0 Å². The van der Waals surface area contributed by atoms with E-state index in [1.165, 1.54) is 0 Å². The van der Waals surface area contributed by atoms with E-state index in [-0.39, 0.29) is 35.1 Å². The molecule has 1 fully saturated rings. The van der Waals surface area contributed by atoms with Crippen molar-refractivity contribution in [1.29, 1.82) is 0 Å². The summed E-state index contributed by atoms with van der Waals surface area (Å²) in [6.07, 6.45) is 1.26. The number of hydrogen-bond donors (Lipinski definition) is 0. The number of hydrogen-bond acceptors (Lipinski definition) is 3. The van der Waals surface area contributed by atoms with E-state index in [1.807, 2.05) is 0 Å². The van der Waals surface area contributed by atoms with Crippen LogP contribution in [-0.2, 0) is 14.3 Å². The molecule has 1 saturated heterocycles. The van der Waals surface area contributed by atoms with E-state index in [2.05, 4.69) is 4.74 Å². The molecule has 0 atom stereocenters. The number of cyclic esters (lactones) is 1. The van der Waals surface area contributed by atoms with Gasteiger partial charge in [0.15, 0.2) is 0 Å². The zero-order chi connectivity index (χ0) is 6.69. The third kappa shape index (κ3) is 2.27. The molecule has 0 aromatic rings. The zero-order valence-corrected chi connectivity index (χ0v) is 4.85. The maximum atomic E-state index is 10.5. The molecule has 0 saturated carbocycles. The van der Waals surface area contributed by atoms with Gasteiger partial charge in [-0.1, -0.05) is 0 Å². The SMILES string of the molecule is O=C=C1CCCOC1=O.[NaH]. The van der Waals surface area contributed by atoms with E-state index in [0.29, 0.717) is 13.0 Å². The van der Waals surface area contributed by atoms with E-state index < -0.39 is 5.97 Å². The van der Waals surface area contributed by atoms with Crippen molar-refractivity contribution in [2.75, 3.05) is 6.61 Å². The number of esters is 1. The molecule has 4 heteroatoms. The zero-order valence-electron chi connectivity index (χ0n) is 4.85. The van der Waals surface area contributed by atoms with Gasteiger partial charge in [0.1, 0.15) is 11.5 Å². The van der Waals surface area contributed by atoms with Gasteiger partial charge in [-0.05, 0) is 12.8 Å². The van der Waals surface area contributed by atoms with Gasteiger partial charge in [-0.3, -0.25) is 0 Å². The van der Waals surface area contributed by atoms with Crippen LogP contribution in [0.1, 0.15) is 12.8 Å². The van der Waals surface area contributed by atoms with Crippen LogP contribution >= 0.6 is 0 Å². The predicted octanol–water partition coefficient (Wildman–Crippen LogP) is -0.567. The molecule has 10 heavy (non-hydrogen) atoms. The minimum absolute atomic E-state index is 0. The molecule has 1 aliphatic rings. The van der Waals surface area contributed by atoms with Crippen molar-refractivity contribution < 1.29 is 14.3 Å².